The summed E-state index contributed by atoms with van der Waals surface area (Å²) in [7, 11) is 0. The zero-order valence-electron chi connectivity index (χ0n) is 9.58. The average molecular weight is 326 g/mol. The second-order valence-corrected chi connectivity index (χ2v) is 5.03. The largest absolute Gasteiger partial charge is 0.321 e. The summed E-state index contributed by atoms with van der Waals surface area (Å²) in [4.78, 5) is 15.9. The van der Waals surface area contributed by atoms with Crippen LogP contribution < -0.4 is 5.32 Å². The molecule has 2 aromatic rings. The van der Waals surface area contributed by atoms with Crippen molar-refractivity contribution in [1.29, 1.82) is 0 Å². The monoisotopic (exact) mass is 324 g/mol. The average Bonchev–Trinajstić information content (AvgIpc) is 2.35. The topological polar surface area (TPSA) is 42.0 Å². The summed E-state index contributed by atoms with van der Waals surface area (Å²) >= 11 is 9.07. The van der Waals surface area contributed by atoms with E-state index in [0.717, 1.165) is 10.0 Å². The van der Waals surface area contributed by atoms with Crippen molar-refractivity contribution in [2.75, 3.05) is 5.32 Å². The first-order valence-electron chi connectivity index (χ1n) is 5.25. The number of benzene rings is 1. The zero-order chi connectivity index (χ0) is 13.1. The van der Waals surface area contributed by atoms with Crippen LogP contribution in [0.1, 0.15) is 15.9 Å². The molecule has 0 atom stereocenters. The number of anilines is 1. The maximum atomic E-state index is 12.0. The fourth-order valence-electron chi connectivity index (χ4n) is 1.44. The summed E-state index contributed by atoms with van der Waals surface area (Å²) in [6.45, 7) is 1.94. The normalized spacial score (nSPS) is 10.2. The summed E-state index contributed by atoms with van der Waals surface area (Å²) in [5.74, 6) is -0.172. The molecule has 1 aromatic heterocycles. The van der Waals surface area contributed by atoms with E-state index in [1.807, 2.05) is 19.1 Å². The van der Waals surface area contributed by atoms with Crippen LogP contribution in [0.15, 0.2) is 41.0 Å². The number of pyridine rings is 1. The Bertz CT molecular complexity index is 584. The Morgan fingerprint density at radius 3 is 2.72 bits per heavy atom. The minimum atomic E-state index is -0.172. The van der Waals surface area contributed by atoms with Gasteiger partial charge in [-0.3, -0.25) is 4.79 Å². The molecule has 0 saturated heterocycles. The third kappa shape index (κ3) is 3.09. The van der Waals surface area contributed by atoms with E-state index in [4.69, 9.17) is 11.6 Å². The summed E-state index contributed by atoms with van der Waals surface area (Å²) in [5.41, 5.74) is 2.23. The molecule has 0 spiro atoms. The van der Waals surface area contributed by atoms with Gasteiger partial charge < -0.3 is 5.32 Å². The first-order chi connectivity index (χ1) is 8.56. The van der Waals surface area contributed by atoms with E-state index in [-0.39, 0.29) is 5.91 Å². The lowest BCUT2D eigenvalue weighted by Crippen LogP contribution is -2.12. The Kier molecular flexibility index (Phi) is 3.99. The van der Waals surface area contributed by atoms with Gasteiger partial charge in [0.2, 0.25) is 0 Å². The van der Waals surface area contributed by atoms with Gasteiger partial charge in [-0.2, -0.15) is 0 Å². The lowest BCUT2D eigenvalue weighted by molar-refractivity contribution is 0.102. The Labute approximate surface area is 118 Å². The molecule has 0 aliphatic heterocycles. The van der Waals surface area contributed by atoms with E-state index in [1.165, 1.54) is 6.20 Å². The fraction of sp³-hybridized carbons (Fsp3) is 0.0769. The molecule has 0 aliphatic rings. The van der Waals surface area contributed by atoms with E-state index in [2.05, 4.69) is 26.2 Å². The van der Waals surface area contributed by atoms with E-state index in [1.54, 1.807) is 18.2 Å². The van der Waals surface area contributed by atoms with Gasteiger partial charge in [0.15, 0.2) is 0 Å². The van der Waals surface area contributed by atoms with Gasteiger partial charge in [0.1, 0.15) is 5.15 Å². The number of nitrogens with zero attached hydrogens (tertiary/aromatic N) is 1. The van der Waals surface area contributed by atoms with E-state index in [0.29, 0.717) is 16.4 Å². The van der Waals surface area contributed by atoms with Crippen LogP contribution in [-0.4, -0.2) is 10.9 Å². The molecule has 0 aliphatic carbocycles. The zero-order valence-corrected chi connectivity index (χ0v) is 11.9. The SMILES string of the molecule is Cc1cc(C(=O)Nc2ccc(Cl)nc2)ccc1Br. The van der Waals surface area contributed by atoms with Crippen molar-refractivity contribution in [2.45, 2.75) is 6.92 Å². The molecule has 1 N–H and O–H groups in total. The molecular weight excluding hydrogens is 316 g/mol. The number of nitrogens with one attached hydrogen (secondary N) is 1. The van der Waals surface area contributed by atoms with E-state index < -0.39 is 0 Å². The van der Waals surface area contributed by atoms with Crippen LogP contribution >= 0.6 is 27.5 Å². The van der Waals surface area contributed by atoms with Crippen LogP contribution in [0.25, 0.3) is 0 Å². The molecule has 92 valence electrons. The molecule has 5 heteroatoms. The Balaban J connectivity index is 2.16. The highest BCUT2D eigenvalue weighted by Gasteiger charge is 2.07. The number of rotatable bonds is 2. The van der Waals surface area contributed by atoms with Crippen LogP contribution in [0.5, 0.6) is 0 Å². The maximum absolute atomic E-state index is 12.0. The van der Waals surface area contributed by atoms with Crippen LogP contribution in [0, 0.1) is 6.92 Å². The lowest BCUT2D eigenvalue weighted by atomic mass is 10.1. The van der Waals surface area contributed by atoms with Gasteiger partial charge in [0, 0.05) is 10.0 Å². The third-order valence-electron chi connectivity index (χ3n) is 2.41. The lowest BCUT2D eigenvalue weighted by Gasteiger charge is -2.06. The van der Waals surface area contributed by atoms with Gasteiger partial charge in [-0.05, 0) is 42.8 Å². The van der Waals surface area contributed by atoms with Crippen LogP contribution in [0.3, 0.4) is 0 Å². The highest BCUT2D eigenvalue weighted by molar-refractivity contribution is 9.10. The molecule has 1 heterocycles. The fourth-order valence-corrected chi connectivity index (χ4v) is 1.80. The van der Waals surface area contributed by atoms with Crippen LogP contribution in [0.4, 0.5) is 5.69 Å². The number of hydrogen-bond donors (Lipinski definition) is 1. The summed E-state index contributed by atoms with van der Waals surface area (Å²) in [6.07, 6.45) is 1.52. The second-order valence-electron chi connectivity index (χ2n) is 3.79. The van der Waals surface area contributed by atoms with Crippen molar-refractivity contribution < 1.29 is 4.79 Å². The predicted octanol–water partition coefficient (Wildman–Crippen LogP) is 4.06. The Morgan fingerprint density at radius 2 is 2.11 bits per heavy atom. The van der Waals surface area contributed by atoms with Gasteiger partial charge >= 0.3 is 0 Å². The minimum Gasteiger partial charge on any atom is -0.321 e. The standard InChI is InChI=1S/C13H10BrClN2O/c1-8-6-9(2-4-11(8)14)13(18)17-10-3-5-12(15)16-7-10/h2-7H,1H3,(H,17,18). The van der Waals surface area contributed by atoms with Gasteiger partial charge in [-0.25, -0.2) is 4.98 Å². The third-order valence-corrected chi connectivity index (χ3v) is 3.52. The first-order valence-corrected chi connectivity index (χ1v) is 6.42. The van der Waals surface area contributed by atoms with Gasteiger partial charge in [0.25, 0.3) is 5.91 Å². The number of aromatic nitrogens is 1. The van der Waals surface area contributed by atoms with Gasteiger partial charge in [-0.15, -0.1) is 0 Å². The molecule has 2 rings (SSSR count). The summed E-state index contributed by atoms with van der Waals surface area (Å²) in [6, 6.07) is 8.77. The molecular formula is C13H10BrClN2O. The highest BCUT2D eigenvalue weighted by atomic mass is 79.9. The van der Waals surface area contributed by atoms with Crippen molar-refractivity contribution in [3.63, 3.8) is 0 Å². The highest BCUT2D eigenvalue weighted by Crippen LogP contribution is 2.18. The first kappa shape index (κ1) is 13.1. The maximum Gasteiger partial charge on any atom is 0.255 e. The molecule has 18 heavy (non-hydrogen) atoms. The predicted molar refractivity (Wildman–Crippen MR) is 76.1 cm³/mol. The van der Waals surface area contributed by atoms with Crippen molar-refractivity contribution >= 4 is 39.1 Å². The van der Waals surface area contributed by atoms with Crippen molar-refractivity contribution in [3.05, 3.63) is 57.3 Å². The van der Waals surface area contributed by atoms with E-state index in [9.17, 15) is 4.79 Å². The van der Waals surface area contributed by atoms with E-state index >= 15 is 0 Å². The molecule has 1 amide bonds. The van der Waals surface area contributed by atoms with Gasteiger partial charge in [0.05, 0.1) is 11.9 Å². The van der Waals surface area contributed by atoms with Crippen molar-refractivity contribution in [1.82, 2.24) is 4.98 Å². The number of hydrogen-bond acceptors (Lipinski definition) is 2. The molecule has 0 fully saturated rings. The number of amides is 1. The molecule has 0 saturated carbocycles. The van der Waals surface area contributed by atoms with Gasteiger partial charge in [-0.1, -0.05) is 27.5 Å². The number of carbonyl (C=O) groups is 1. The smallest absolute Gasteiger partial charge is 0.255 e. The number of halogens is 2. The second kappa shape index (κ2) is 5.50. The molecule has 1 aromatic carbocycles. The molecule has 0 bridgehead atoms. The van der Waals surface area contributed by atoms with Crippen molar-refractivity contribution in [3.8, 4) is 0 Å². The minimum absolute atomic E-state index is 0.172. The quantitative estimate of drug-likeness (QED) is 0.846. The number of carbonyl (C=O) groups excluding carboxylic acids is 1. The molecule has 3 nitrogen and oxygen atoms in total. The van der Waals surface area contributed by atoms with Crippen LogP contribution in [0.2, 0.25) is 5.15 Å². The Morgan fingerprint density at radius 1 is 1.33 bits per heavy atom. The summed E-state index contributed by atoms with van der Waals surface area (Å²) in [5, 5.41) is 3.15. The van der Waals surface area contributed by atoms with Crippen molar-refractivity contribution in [2.24, 2.45) is 0 Å². The summed E-state index contributed by atoms with van der Waals surface area (Å²) < 4.78 is 0.979. The molecule has 0 radical (unpaired) electrons. The number of aryl methyl sites for hydroxylation is 1. The Hall–Kier alpha value is -1.39. The van der Waals surface area contributed by atoms with Crippen LogP contribution in [-0.2, 0) is 0 Å². The molecule has 0 unspecified atom stereocenters.